The molecule has 2 aliphatic heterocycles. The van der Waals surface area contributed by atoms with Gasteiger partial charge < -0.3 is 19.6 Å². The predicted molar refractivity (Wildman–Crippen MR) is 130 cm³/mol. The van der Waals surface area contributed by atoms with Crippen LogP contribution in [-0.2, 0) is 9.53 Å². The number of imide groups is 1. The maximum Gasteiger partial charge on any atom is 0.328 e. The number of carbonyl (C=O) groups is 3. The molecule has 1 aliphatic carbocycles. The number of rotatable bonds is 1. The van der Waals surface area contributed by atoms with Crippen LogP contribution in [0.25, 0.3) is 43.6 Å². The van der Waals surface area contributed by atoms with E-state index in [1.165, 1.54) is 7.11 Å². The zero-order chi connectivity index (χ0) is 23.8. The largest absolute Gasteiger partial charge is 0.468 e. The molecular weight excluding hydrogens is 444 g/mol. The van der Waals surface area contributed by atoms with Crippen LogP contribution < -0.4 is 11.1 Å². The topological polar surface area (TPSA) is 108 Å². The van der Waals surface area contributed by atoms with E-state index in [1.807, 2.05) is 48.5 Å². The molecular formula is C27H20N4O4. The molecule has 8 rings (SSSR count). The first-order valence-electron chi connectivity index (χ1n) is 11.7. The quantitative estimate of drug-likeness (QED) is 0.291. The molecule has 0 radical (unpaired) electrons. The lowest BCUT2D eigenvalue weighted by atomic mass is 9.93. The van der Waals surface area contributed by atoms with Crippen molar-refractivity contribution in [1.82, 2.24) is 14.5 Å². The fraction of sp³-hybridized carbons (Fsp3) is 0.222. The second kappa shape index (κ2) is 5.90. The van der Waals surface area contributed by atoms with Crippen LogP contribution in [0.15, 0.2) is 48.5 Å². The highest BCUT2D eigenvalue weighted by atomic mass is 16.5. The van der Waals surface area contributed by atoms with Crippen molar-refractivity contribution in [3.05, 3.63) is 59.7 Å². The molecule has 3 aliphatic rings. The fourth-order valence-corrected chi connectivity index (χ4v) is 7.15. The standard InChI is InChI=1S/C27H20N4O4/c1-35-26(34)27(28)11-12-10-17(27)31-16-9-5-3-7-14(16)19-21-20(24(32)29-25(21)33)18-13-6-2-4-8-15(13)30(12)22(18)23(19)31/h2-9,12,17H,10-11,28H2,1H3,(H,29,32,33)/t12?,17-,27+/m1/s1. The van der Waals surface area contributed by atoms with Crippen molar-refractivity contribution in [1.29, 1.82) is 0 Å². The number of nitrogens with one attached hydrogen (secondary N) is 1. The zero-order valence-corrected chi connectivity index (χ0v) is 18.8. The zero-order valence-electron chi connectivity index (χ0n) is 18.8. The van der Waals surface area contributed by atoms with Gasteiger partial charge in [-0.3, -0.25) is 14.9 Å². The monoisotopic (exact) mass is 464 g/mol. The lowest BCUT2D eigenvalue weighted by Gasteiger charge is -2.31. The fourth-order valence-electron chi connectivity index (χ4n) is 7.15. The van der Waals surface area contributed by atoms with E-state index in [4.69, 9.17) is 10.5 Å². The van der Waals surface area contributed by atoms with Gasteiger partial charge in [-0.15, -0.1) is 0 Å². The minimum Gasteiger partial charge on any atom is -0.468 e. The molecule has 1 unspecified atom stereocenters. The Morgan fingerprint density at radius 2 is 1.49 bits per heavy atom. The van der Waals surface area contributed by atoms with E-state index >= 15 is 0 Å². The number of carbonyl (C=O) groups excluding carboxylic acids is 3. The molecule has 5 aromatic rings. The highest BCUT2D eigenvalue weighted by molar-refractivity contribution is 6.39. The molecule has 1 fully saturated rings. The number of hydrogen-bond acceptors (Lipinski definition) is 5. The van der Waals surface area contributed by atoms with Gasteiger partial charge in [0.2, 0.25) is 0 Å². The number of para-hydroxylation sites is 2. The van der Waals surface area contributed by atoms with Gasteiger partial charge in [0.05, 0.1) is 35.3 Å². The van der Waals surface area contributed by atoms with Crippen LogP contribution in [0.5, 0.6) is 0 Å². The second-order valence-electron chi connectivity index (χ2n) is 9.90. The molecule has 0 spiro atoms. The van der Waals surface area contributed by atoms with E-state index in [-0.39, 0.29) is 18.0 Å². The van der Waals surface area contributed by atoms with Gasteiger partial charge in [0, 0.05) is 38.6 Å². The Balaban J connectivity index is 1.73. The number of ether oxygens (including phenoxy) is 1. The predicted octanol–water partition coefficient (Wildman–Crippen LogP) is 3.55. The molecule has 4 heterocycles. The van der Waals surface area contributed by atoms with E-state index in [2.05, 4.69) is 14.5 Å². The first-order chi connectivity index (χ1) is 17.0. The molecule has 1 saturated carbocycles. The van der Waals surface area contributed by atoms with Crippen molar-refractivity contribution < 1.29 is 19.1 Å². The number of methoxy groups -OCH3 is 1. The van der Waals surface area contributed by atoms with E-state index in [0.29, 0.717) is 24.0 Å². The number of benzene rings is 3. The third-order valence-electron chi connectivity index (χ3n) is 8.38. The molecule has 3 N–H and O–H groups in total. The molecule has 0 saturated heterocycles. The second-order valence-corrected chi connectivity index (χ2v) is 9.90. The molecule has 8 heteroatoms. The summed E-state index contributed by atoms with van der Waals surface area (Å²) in [4.78, 5) is 39.6. The Bertz CT molecular complexity index is 1860. The summed E-state index contributed by atoms with van der Waals surface area (Å²) < 4.78 is 9.60. The van der Waals surface area contributed by atoms with Crippen LogP contribution in [0.2, 0.25) is 0 Å². The van der Waals surface area contributed by atoms with Gasteiger partial charge in [-0.25, -0.2) is 4.79 Å². The van der Waals surface area contributed by atoms with Crippen molar-refractivity contribution in [2.45, 2.75) is 30.5 Å². The molecule has 3 aromatic carbocycles. The van der Waals surface area contributed by atoms with Crippen LogP contribution in [0.3, 0.4) is 0 Å². The summed E-state index contributed by atoms with van der Waals surface area (Å²) in [6, 6.07) is 15.3. The van der Waals surface area contributed by atoms with Crippen molar-refractivity contribution in [2.24, 2.45) is 5.73 Å². The third-order valence-corrected chi connectivity index (χ3v) is 8.38. The Morgan fingerprint density at radius 3 is 2.09 bits per heavy atom. The van der Waals surface area contributed by atoms with Crippen molar-refractivity contribution in [3.8, 4) is 0 Å². The first-order valence-corrected chi connectivity index (χ1v) is 11.7. The number of nitrogens with two attached hydrogens (primary N) is 1. The van der Waals surface area contributed by atoms with E-state index in [0.717, 1.165) is 43.6 Å². The summed E-state index contributed by atoms with van der Waals surface area (Å²) in [7, 11) is 1.37. The number of esters is 1. The summed E-state index contributed by atoms with van der Waals surface area (Å²) in [5.41, 5.74) is 10.1. The van der Waals surface area contributed by atoms with Crippen molar-refractivity contribution in [2.75, 3.05) is 7.11 Å². The summed E-state index contributed by atoms with van der Waals surface area (Å²) in [5, 5.41) is 5.82. The average Bonchev–Trinajstić information content (AvgIpc) is 3.53. The maximum absolute atomic E-state index is 13.2. The lowest BCUT2D eigenvalue weighted by Crippen LogP contribution is -2.52. The van der Waals surface area contributed by atoms with Crippen molar-refractivity contribution in [3.63, 3.8) is 0 Å². The summed E-state index contributed by atoms with van der Waals surface area (Å²) in [6.45, 7) is 0. The van der Waals surface area contributed by atoms with Crippen LogP contribution in [0, 0.1) is 0 Å². The Kier molecular flexibility index (Phi) is 3.23. The number of fused-ring (bicyclic) bond motifs is 13. The molecule has 2 bridgehead atoms. The van der Waals surface area contributed by atoms with Gasteiger partial charge in [0.15, 0.2) is 0 Å². The molecule has 8 nitrogen and oxygen atoms in total. The normalized spacial score (nSPS) is 24.6. The van der Waals surface area contributed by atoms with E-state index in [9.17, 15) is 14.4 Å². The molecule has 2 aromatic heterocycles. The average molecular weight is 464 g/mol. The number of hydrogen-bond donors (Lipinski definition) is 2. The van der Waals surface area contributed by atoms with Gasteiger partial charge >= 0.3 is 5.97 Å². The van der Waals surface area contributed by atoms with Crippen molar-refractivity contribution >= 4 is 61.4 Å². The van der Waals surface area contributed by atoms with Gasteiger partial charge in [-0.1, -0.05) is 36.4 Å². The molecule has 172 valence electrons. The van der Waals surface area contributed by atoms with Crippen LogP contribution >= 0.6 is 0 Å². The number of aromatic nitrogens is 2. The minimum atomic E-state index is -1.24. The smallest absolute Gasteiger partial charge is 0.328 e. The first kappa shape index (κ1) is 19.2. The van der Waals surface area contributed by atoms with Crippen LogP contribution in [0.4, 0.5) is 0 Å². The molecule has 3 atom stereocenters. The van der Waals surface area contributed by atoms with Gasteiger partial charge in [-0.05, 0) is 25.0 Å². The van der Waals surface area contributed by atoms with Gasteiger partial charge in [0.1, 0.15) is 5.54 Å². The summed E-state index contributed by atoms with van der Waals surface area (Å²) >= 11 is 0. The Morgan fingerprint density at radius 1 is 0.943 bits per heavy atom. The van der Waals surface area contributed by atoms with E-state index < -0.39 is 17.4 Å². The van der Waals surface area contributed by atoms with E-state index in [1.54, 1.807) is 0 Å². The highest BCUT2D eigenvalue weighted by Gasteiger charge is 2.55. The number of nitrogens with zero attached hydrogens (tertiary/aromatic N) is 2. The summed E-state index contributed by atoms with van der Waals surface area (Å²) in [6.07, 6.45) is 1.04. The van der Waals surface area contributed by atoms with Gasteiger partial charge in [-0.2, -0.15) is 0 Å². The summed E-state index contributed by atoms with van der Waals surface area (Å²) in [5.74, 6) is -1.21. The SMILES string of the molecule is COC(=O)[C@]1(N)CC2C[C@H]1n1c3ccccc3c3c4c(c5c6ccccc6n2c5c31)C(=O)NC4=O. The Hall–Kier alpha value is -4.17. The minimum absolute atomic E-state index is 0.0772. The Labute approximate surface area is 198 Å². The molecule has 35 heavy (non-hydrogen) atoms. The maximum atomic E-state index is 13.2. The third kappa shape index (κ3) is 1.95. The lowest BCUT2D eigenvalue weighted by molar-refractivity contribution is -0.148. The number of amides is 2. The molecule has 2 amide bonds. The highest BCUT2D eigenvalue weighted by Crippen LogP contribution is 2.56. The van der Waals surface area contributed by atoms with Gasteiger partial charge in [0.25, 0.3) is 11.8 Å². The van der Waals surface area contributed by atoms with Crippen LogP contribution in [0.1, 0.15) is 45.6 Å². The van der Waals surface area contributed by atoms with Crippen LogP contribution in [-0.4, -0.2) is 39.6 Å².